The van der Waals surface area contributed by atoms with Crippen LogP contribution in [0.15, 0.2) is 12.1 Å². The molecule has 1 rings (SSSR count). The molecule has 1 aromatic carbocycles. The second kappa shape index (κ2) is 10.4. The molecule has 0 heterocycles. The normalized spacial score (nSPS) is 12.0. The molecule has 0 radical (unpaired) electrons. The molecule has 0 spiro atoms. The van der Waals surface area contributed by atoms with E-state index < -0.39 is 0 Å². The van der Waals surface area contributed by atoms with Crippen LogP contribution in [0.5, 0.6) is 17.2 Å². The molecule has 0 amide bonds. The van der Waals surface area contributed by atoms with Gasteiger partial charge in [0.05, 0.1) is 21.3 Å². The molecule has 0 saturated heterocycles. The van der Waals surface area contributed by atoms with Crippen LogP contribution in [0.3, 0.4) is 0 Å². The third-order valence-electron chi connectivity index (χ3n) is 4.33. The number of hydrogen-bond acceptors (Lipinski definition) is 3. The van der Waals surface area contributed by atoms with Gasteiger partial charge in [-0.2, -0.15) is 0 Å². The monoisotopic (exact) mass is 308 g/mol. The quantitative estimate of drug-likeness (QED) is 0.522. The maximum atomic E-state index is 5.40. The average molecular weight is 308 g/mol. The Hall–Kier alpha value is -1.38. The summed E-state index contributed by atoms with van der Waals surface area (Å²) in [6.45, 7) is 4.62. The molecule has 0 fully saturated rings. The predicted molar refractivity (Wildman–Crippen MR) is 92.3 cm³/mol. The van der Waals surface area contributed by atoms with Gasteiger partial charge in [0.25, 0.3) is 0 Å². The zero-order valence-corrected chi connectivity index (χ0v) is 14.9. The second-order valence-corrected chi connectivity index (χ2v) is 6.00. The van der Waals surface area contributed by atoms with Crippen LogP contribution in [-0.4, -0.2) is 21.3 Å². The molecule has 1 atom stereocenters. The van der Waals surface area contributed by atoms with Crippen molar-refractivity contribution in [2.75, 3.05) is 21.3 Å². The Kier molecular flexibility index (Phi) is 8.79. The molecule has 0 aliphatic rings. The molecule has 1 aromatic rings. The maximum Gasteiger partial charge on any atom is 0.203 e. The molecule has 3 heteroatoms. The minimum atomic E-state index is 0.669. The Balaban J connectivity index is 2.46. The van der Waals surface area contributed by atoms with Crippen LogP contribution in [-0.2, 0) is 6.42 Å². The predicted octanol–water partition coefficient (Wildman–Crippen LogP) is 5.25. The van der Waals surface area contributed by atoms with E-state index in [4.69, 9.17) is 14.2 Å². The van der Waals surface area contributed by atoms with E-state index in [0.29, 0.717) is 5.75 Å². The molecule has 3 nitrogen and oxygen atoms in total. The largest absolute Gasteiger partial charge is 0.493 e. The fraction of sp³-hybridized carbons (Fsp3) is 0.684. The Morgan fingerprint density at radius 3 is 1.95 bits per heavy atom. The highest BCUT2D eigenvalue weighted by molar-refractivity contribution is 5.53. The van der Waals surface area contributed by atoms with Crippen molar-refractivity contribution in [1.82, 2.24) is 0 Å². The Morgan fingerprint density at radius 1 is 0.864 bits per heavy atom. The van der Waals surface area contributed by atoms with Crippen LogP contribution < -0.4 is 14.2 Å². The second-order valence-electron chi connectivity index (χ2n) is 6.00. The standard InChI is InChI=1S/C19H32O3/c1-6-15(2)11-9-7-8-10-12-16-13-17(20-3)19(22-5)18(14-16)21-4/h13-15H,6-12H2,1-5H3. The Labute approximate surface area is 136 Å². The van der Waals surface area contributed by atoms with Crippen molar-refractivity contribution in [3.63, 3.8) is 0 Å². The van der Waals surface area contributed by atoms with Crippen LogP contribution in [0.25, 0.3) is 0 Å². The van der Waals surface area contributed by atoms with Gasteiger partial charge in [-0.3, -0.25) is 0 Å². The van der Waals surface area contributed by atoms with E-state index in [0.717, 1.165) is 23.8 Å². The van der Waals surface area contributed by atoms with E-state index >= 15 is 0 Å². The molecule has 0 aliphatic carbocycles. The van der Waals surface area contributed by atoms with Crippen LogP contribution in [0.4, 0.5) is 0 Å². The van der Waals surface area contributed by atoms with Crippen molar-refractivity contribution < 1.29 is 14.2 Å². The molecule has 0 aliphatic heterocycles. The Bertz CT molecular complexity index is 404. The third kappa shape index (κ3) is 5.78. The zero-order valence-electron chi connectivity index (χ0n) is 14.9. The molecular formula is C19H32O3. The van der Waals surface area contributed by atoms with Crippen molar-refractivity contribution in [3.05, 3.63) is 17.7 Å². The summed E-state index contributed by atoms with van der Waals surface area (Å²) >= 11 is 0. The number of ether oxygens (including phenoxy) is 3. The molecule has 22 heavy (non-hydrogen) atoms. The fourth-order valence-corrected chi connectivity index (χ4v) is 2.66. The van der Waals surface area contributed by atoms with Crippen molar-refractivity contribution in [2.24, 2.45) is 5.92 Å². The molecular weight excluding hydrogens is 276 g/mol. The van der Waals surface area contributed by atoms with Crippen LogP contribution in [0.2, 0.25) is 0 Å². The van der Waals surface area contributed by atoms with Crippen molar-refractivity contribution in [2.45, 2.75) is 58.8 Å². The number of rotatable bonds is 11. The van der Waals surface area contributed by atoms with Crippen LogP contribution in [0.1, 0.15) is 57.9 Å². The number of unbranched alkanes of at least 4 members (excludes halogenated alkanes) is 3. The summed E-state index contributed by atoms with van der Waals surface area (Å²) < 4.78 is 16.1. The van der Waals surface area contributed by atoms with E-state index in [2.05, 4.69) is 26.0 Å². The lowest BCUT2D eigenvalue weighted by molar-refractivity contribution is 0.323. The fourth-order valence-electron chi connectivity index (χ4n) is 2.66. The van der Waals surface area contributed by atoms with Gasteiger partial charge in [0.15, 0.2) is 11.5 Å². The highest BCUT2D eigenvalue weighted by Crippen LogP contribution is 2.38. The maximum absolute atomic E-state index is 5.40. The van der Waals surface area contributed by atoms with Gasteiger partial charge >= 0.3 is 0 Å². The summed E-state index contributed by atoms with van der Waals surface area (Å²) in [5.41, 5.74) is 1.25. The lowest BCUT2D eigenvalue weighted by atomic mass is 9.99. The highest BCUT2D eigenvalue weighted by Gasteiger charge is 2.12. The molecule has 0 N–H and O–H groups in total. The van der Waals surface area contributed by atoms with E-state index in [1.807, 2.05) is 0 Å². The first-order valence-corrected chi connectivity index (χ1v) is 8.45. The van der Waals surface area contributed by atoms with Crippen molar-refractivity contribution in [3.8, 4) is 17.2 Å². The summed E-state index contributed by atoms with van der Waals surface area (Å²) in [5.74, 6) is 3.03. The SMILES string of the molecule is CCC(C)CCCCCCc1cc(OC)c(OC)c(OC)c1. The first-order chi connectivity index (χ1) is 10.7. The first kappa shape index (κ1) is 18.7. The van der Waals surface area contributed by atoms with Gasteiger partial charge in [0.1, 0.15) is 0 Å². The van der Waals surface area contributed by atoms with E-state index in [-0.39, 0.29) is 0 Å². The molecule has 126 valence electrons. The summed E-state index contributed by atoms with van der Waals surface area (Å²) in [4.78, 5) is 0. The van der Waals surface area contributed by atoms with Gasteiger partial charge in [-0.25, -0.2) is 0 Å². The number of aryl methyl sites for hydroxylation is 1. The molecule has 0 bridgehead atoms. The average Bonchev–Trinajstić information content (AvgIpc) is 2.56. The van der Waals surface area contributed by atoms with Crippen molar-refractivity contribution >= 4 is 0 Å². The Morgan fingerprint density at radius 2 is 1.45 bits per heavy atom. The van der Waals surface area contributed by atoms with Gasteiger partial charge < -0.3 is 14.2 Å². The molecule has 1 unspecified atom stereocenters. The van der Waals surface area contributed by atoms with Crippen LogP contribution in [0, 0.1) is 5.92 Å². The lowest BCUT2D eigenvalue weighted by Gasteiger charge is -2.14. The molecule has 0 saturated carbocycles. The van der Waals surface area contributed by atoms with Crippen molar-refractivity contribution in [1.29, 1.82) is 0 Å². The molecule has 0 aromatic heterocycles. The lowest BCUT2D eigenvalue weighted by Crippen LogP contribution is -1.97. The summed E-state index contributed by atoms with van der Waals surface area (Å²) in [7, 11) is 4.96. The summed E-state index contributed by atoms with van der Waals surface area (Å²) in [6, 6.07) is 4.11. The van der Waals surface area contributed by atoms with E-state index in [9.17, 15) is 0 Å². The number of methoxy groups -OCH3 is 3. The number of hydrogen-bond donors (Lipinski definition) is 0. The smallest absolute Gasteiger partial charge is 0.203 e. The van der Waals surface area contributed by atoms with Gasteiger partial charge in [-0.05, 0) is 36.5 Å². The summed E-state index contributed by atoms with van der Waals surface area (Å²) in [6.07, 6.45) is 8.89. The zero-order chi connectivity index (χ0) is 16.4. The van der Waals surface area contributed by atoms with Gasteiger partial charge in [-0.15, -0.1) is 0 Å². The minimum absolute atomic E-state index is 0.669. The van der Waals surface area contributed by atoms with Gasteiger partial charge in [0, 0.05) is 0 Å². The first-order valence-electron chi connectivity index (χ1n) is 8.45. The van der Waals surface area contributed by atoms with E-state index in [1.54, 1.807) is 21.3 Å². The number of benzene rings is 1. The third-order valence-corrected chi connectivity index (χ3v) is 4.33. The topological polar surface area (TPSA) is 27.7 Å². The highest BCUT2D eigenvalue weighted by atomic mass is 16.5. The minimum Gasteiger partial charge on any atom is -0.493 e. The summed E-state index contributed by atoms with van der Waals surface area (Å²) in [5, 5.41) is 0. The van der Waals surface area contributed by atoms with Crippen LogP contribution >= 0.6 is 0 Å². The van der Waals surface area contributed by atoms with Gasteiger partial charge in [0.2, 0.25) is 5.75 Å². The van der Waals surface area contributed by atoms with Gasteiger partial charge in [-0.1, -0.05) is 46.0 Å². The van der Waals surface area contributed by atoms with E-state index in [1.165, 1.54) is 44.1 Å².